The van der Waals surface area contributed by atoms with E-state index in [-0.39, 0.29) is 6.04 Å². The van der Waals surface area contributed by atoms with E-state index in [1.165, 1.54) is 0 Å². The molecule has 1 rings (SSSR count). The highest BCUT2D eigenvalue weighted by Crippen LogP contribution is 2.17. The van der Waals surface area contributed by atoms with Crippen LogP contribution in [0, 0.1) is 0 Å². The van der Waals surface area contributed by atoms with Gasteiger partial charge in [0.25, 0.3) is 0 Å². The van der Waals surface area contributed by atoms with Crippen LogP contribution in [0.2, 0.25) is 0 Å². The van der Waals surface area contributed by atoms with E-state index in [1.54, 1.807) is 7.11 Å². The quantitative estimate of drug-likeness (QED) is 0.610. The summed E-state index contributed by atoms with van der Waals surface area (Å²) in [5.41, 5.74) is 1.15. The number of hydrogen-bond acceptors (Lipinski definition) is 5. The van der Waals surface area contributed by atoms with Crippen molar-refractivity contribution in [1.29, 1.82) is 0 Å². The Balaban J connectivity index is 2.20. The normalized spacial score (nSPS) is 13.9. The number of methoxy groups -OCH3 is 1. The van der Waals surface area contributed by atoms with Crippen LogP contribution in [-0.2, 0) is 9.47 Å². The van der Waals surface area contributed by atoms with Crippen LogP contribution in [-0.4, -0.2) is 51.3 Å². The molecule has 0 aliphatic heterocycles. The molecule has 0 amide bonds. The molecule has 1 aromatic carbocycles. The topological polar surface area (TPSA) is 60.0 Å². The zero-order valence-corrected chi connectivity index (χ0v) is 13.2. The molecule has 0 bridgehead atoms. The average molecular weight is 297 g/mol. The van der Waals surface area contributed by atoms with Crippen molar-refractivity contribution in [1.82, 2.24) is 5.32 Å². The Kier molecular flexibility index (Phi) is 9.01. The number of aliphatic hydroxyl groups excluding tert-OH is 1. The summed E-state index contributed by atoms with van der Waals surface area (Å²) in [5, 5.41) is 13.1. The smallest absolute Gasteiger partial charge is 0.118 e. The fraction of sp³-hybridized carbons (Fsp3) is 0.625. The van der Waals surface area contributed by atoms with Crippen LogP contribution >= 0.6 is 0 Å². The van der Waals surface area contributed by atoms with Gasteiger partial charge in [-0.1, -0.05) is 12.1 Å². The molecule has 1 aromatic rings. The number of aliphatic hydroxyl groups is 1. The Morgan fingerprint density at radius 3 is 2.43 bits per heavy atom. The van der Waals surface area contributed by atoms with Gasteiger partial charge in [0.05, 0.1) is 33.0 Å². The van der Waals surface area contributed by atoms with Crippen molar-refractivity contribution in [3.8, 4) is 5.75 Å². The van der Waals surface area contributed by atoms with E-state index in [4.69, 9.17) is 14.2 Å². The fourth-order valence-electron chi connectivity index (χ4n) is 1.86. The van der Waals surface area contributed by atoms with Gasteiger partial charge in [0.2, 0.25) is 0 Å². The van der Waals surface area contributed by atoms with Crippen LogP contribution in [0.4, 0.5) is 0 Å². The minimum Gasteiger partial charge on any atom is -0.497 e. The van der Waals surface area contributed by atoms with Crippen LogP contribution in [0.3, 0.4) is 0 Å². The van der Waals surface area contributed by atoms with E-state index < -0.39 is 6.10 Å². The van der Waals surface area contributed by atoms with Gasteiger partial charge in [0.1, 0.15) is 5.75 Å². The van der Waals surface area contributed by atoms with Gasteiger partial charge in [-0.2, -0.15) is 0 Å². The molecule has 0 fully saturated rings. The summed E-state index contributed by atoms with van der Waals surface area (Å²) in [7, 11) is 1.65. The third-order valence-electron chi connectivity index (χ3n) is 3.16. The molecule has 1 unspecified atom stereocenters. The first kappa shape index (κ1) is 17.9. The molecule has 2 N–H and O–H groups in total. The van der Waals surface area contributed by atoms with Gasteiger partial charge >= 0.3 is 0 Å². The first-order chi connectivity index (χ1) is 10.2. The van der Waals surface area contributed by atoms with Crippen molar-refractivity contribution in [3.63, 3.8) is 0 Å². The Labute approximate surface area is 127 Å². The van der Waals surface area contributed by atoms with Crippen LogP contribution in [0.1, 0.15) is 25.5 Å². The number of ether oxygens (including phenoxy) is 3. The molecule has 5 heteroatoms. The largest absolute Gasteiger partial charge is 0.497 e. The van der Waals surface area contributed by atoms with Gasteiger partial charge in [-0.25, -0.2) is 0 Å². The van der Waals surface area contributed by atoms with Crippen LogP contribution in [0.15, 0.2) is 24.3 Å². The maximum absolute atomic E-state index is 9.84. The molecule has 0 saturated carbocycles. The Morgan fingerprint density at radius 2 is 1.81 bits per heavy atom. The molecule has 0 spiro atoms. The lowest BCUT2D eigenvalue weighted by Crippen LogP contribution is -2.32. The molecule has 21 heavy (non-hydrogen) atoms. The third-order valence-corrected chi connectivity index (χ3v) is 3.16. The molecule has 0 aromatic heterocycles. The monoisotopic (exact) mass is 297 g/mol. The number of rotatable bonds is 11. The molecule has 5 nitrogen and oxygen atoms in total. The van der Waals surface area contributed by atoms with Crippen LogP contribution < -0.4 is 10.1 Å². The summed E-state index contributed by atoms with van der Waals surface area (Å²) in [4.78, 5) is 0. The number of nitrogens with one attached hydrogen (secondary N) is 1. The van der Waals surface area contributed by atoms with Crippen molar-refractivity contribution >= 4 is 0 Å². The molecular weight excluding hydrogens is 270 g/mol. The standard InChI is InChI=1S/C16H27NO4/c1-4-20-9-10-21-12-15(18)11-17-13(2)14-5-7-16(19-3)8-6-14/h5-8,13,15,17-18H,4,9-12H2,1-3H3/t13-,15?/m1/s1. The summed E-state index contributed by atoms with van der Waals surface area (Å²) in [6, 6.07) is 8.05. The maximum atomic E-state index is 9.84. The van der Waals surface area contributed by atoms with Gasteiger partial charge < -0.3 is 24.6 Å². The van der Waals surface area contributed by atoms with Crippen molar-refractivity contribution in [3.05, 3.63) is 29.8 Å². The second-order valence-electron chi connectivity index (χ2n) is 4.83. The van der Waals surface area contributed by atoms with Gasteiger partial charge in [-0.15, -0.1) is 0 Å². The molecule has 0 saturated heterocycles. The van der Waals surface area contributed by atoms with E-state index in [1.807, 2.05) is 31.2 Å². The second kappa shape index (κ2) is 10.6. The van der Waals surface area contributed by atoms with E-state index >= 15 is 0 Å². The molecular formula is C16H27NO4. The predicted octanol–water partition coefficient (Wildman–Crippen LogP) is 1.76. The zero-order valence-electron chi connectivity index (χ0n) is 13.2. The Bertz CT molecular complexity index is 369. The van der Waals surface area contributed by atoms with Gasteiger partial charge in [-0.05, 0) is 31.5 Å². The van der Waals surface area contributed by atoms with Crippen LogP contribution in [0.25, 0.3) is 0 Å². The lowest BCUT2D eigenvalue weighted by Gasteiger charge is -2.18. The predicted molar refractivity (Wildman–Crippen MR) is 82.7 cm³/mol. The van der Waals surface area contributed by atoms with E-state index in [9.17, 15) is 5.11 Å². The number of benzene rings is 1. The van der Waals surface area contributed by atoms with Crippen molar-refractivity contribution in [2.45, 2.75) is 26.0 Å². The SMILES string of the molecule is CCOCCOCC(O)CN[C@H](C)c1ccc(OC)cc1. The number of hydrogen-bond donors (Lipinski definition) is 2. The molecule has 0 heterocycles. The molecule has 0 aliphatic carbocycles. The molecule has 0 radical (unpaired) electrons. The third kappa shape index (κ3) is 7.43. The van der Waals surface area contributed by atoms with Crippen molar-refractivity contribution in [2.75, 3.05) is 40.1 Å². The maximum Gasteiger partial charge on any atom is 0.118 e. The first-order valence-corrected chi connectivity index (χ1v) is 7.38. The van der Waals surface area contributed by atoms with Crippen molar-refractivity contribution < 1.29 is 19.3 Å². The summed E-state index contributed by atoms with van der Waals surface area (Å²) in [6.07, 6.45) is -0.521. The summed E-state index contributed by atoms with van der Waals surface area (Å²) < 4.78 is 15.6. The average Bonchev–Trinajstić information content (AvgIpc) is 2.52. The molecule has 2 atom stereocenters. The van der Waals surface area contributed by atoms with Crippen LogP contribution in [0.5, 0.6) is 5.75 Å². The lowest BCUT2D eigenvalue weighted by molar-refractivity contribution is 0.00586. The van der Waals surface area contributed by atoms with Gasteiger partial charge in [-0.3, -0.25) is 0 Å². The van der Waals surface area contributed by atoms with Gasteiger partial charge in [0, 0.05) is 19.2 Å². The summed E-state index contributed by atoms with van der Waals surface area (Å²) >= 11 is 0. The second-order valence-corrected chi connectivity index (χ2v) is 4.83. The van der Waals surface area contributed by atoms with Gasteiger partial charge in [0.15, 0.2) is 0 Å². The summed E-state index contributed by atoms with van der Waals surface area (Å²) in [5.74, 6) is 0.841. The zero-order chi connectivity index (χ0) is 15.5. The highest BCUT2D eigenvalue weighted by molar-refractivity contribution is 5.28. The van der Waals surface area contributed by atoms with E-state index in [0.717, 1.165) is 11.3 Å². The minimum atomic E-state index is -0.521. The molecule has 120 valence electrons. The summed E-state index contributed by atoms with van der Waals surface area (Å²) in [6.45, 7) is 6.58. The molecule has 0 aliphatic rings. The Hall–Kier alpha value is -1.14. The highest BCUT2D eigenvalue weighted by atomic mass is 16.5. The minimum absolute atomic E-state index is 0.161. The van der Waals surface area contributed by atoms with Crippen molar-refractivity contribution in [2.24, 2.45) is 0 Å². The first-order valence-electron chi connectivity index (χ1n) is 7.38. The highest BCUT2D eigenvalue weighted by Gasteiger charge is 2.09. The lowest BCUT2D eigenvalue weighted by atomic mass is 10.1. The van der Waals surface area contributed by atoms with E-state index in [2.05, 4.69) is 12.2 Å². The Morgan fingerprint density at radius 1 is 1.14 bits per heavy atom. The van der Waals surface area contributed by atoms with E-state index in [0.29, 0.717) is 33.0 Å². The fourth-order valence-corrected chi connectivity index (χ4v) is 1.86.